The van der Waals surface area contributed by atoms with Crippen LogP contribution in [0, 0.1) is 0 Å². The number of nitrogens with one attached hydrogen (secondary N) is 2. The summed E-state index contributed by atoms with van der Waals surface area (Å²) >= 11 is 1.27. The maximum absolute atomic E-state index is 12.9. The third-order valence-electron chi connectivity index (χ3n) is 10.9. The summed E-state index contributed by atoms with van der Waals surface area (Å²) in [4.78, 5) is 62.2. The van der Waals surface area contributed by atoms with Crippen molar-refractivity contribution in [3.05, 3.63) is 0 Å². The normalized spacial score (nSPS) is 13.3. The Labute approximate surface area is 369 Å². The number of carbonyl (C=O) groups is 4. The fraction of sp³-hybridized carbons (Fsp3) is 0.894. The third kappa shape index (κ3) is 36.4. The first-order valence-electron chi connectivity index (χ1n) is 24.2. The molecule has 60 heavy (non-hydrogen) atoms. The summed E-state index contributed by atoms with van der Waals surface area (Å²) < 4.78 is 11.3. The van der Waals surface area contributed by atoms with E-state index in [0.29, 0.717) is 32.2 Å². The molecule has 351 valence electrons. The Balaban J connectivity index is 4.76. The minimum absolute atomic E-state index is 0.0803. The molecular weight excluding hydrogens is 781 g/mol. The molecule has 0 aromatic heterocycles. The van der Waals surface area contributed by atoms with E-state index in [1.165, 1.54) is 140 Å². The van der Waals surface area contributed by atoms with Crippen LogP contribution in [0.5, 0.6) is 0 Å². The molecule has 1 radical (unpaired) electrons. The van der Waals surface area contributed by atoms with Crippen molar-refractivity contribution in [2.45, 2.75) is 237 Å². The van der Waals surface area contributed by atoms with Gasteiger partial charge in [0.2, 0.25) is 18.1 Å². The van der Waals surface area contributed by atoms with Gasteiger partial charge < -0.3 is 36.7 Å². The van der Waals surface area contributed by atoms with E-state index in [4.69, 9.17) is 20.9 Å². The van der Waals surface area contributed by atoms with Gasteiger partial charge in [-0.25, -0.2) is 0 Å². The van der Waals surface area contributed by atoms with Gasteiger partial charge in [0.15, 0.2) is 0 Å². The Morgan fingerprint density at radius 2 is 1.05 bits per heavy atom. The second-order valence-electron chi connectivity index (χ2n) is 16.6. The van der Waals surface area contributed by atoms with Crippen molar-refractivity contribution in [1.29, 1.82) is 0 Å². The Bertz CT molecular complexity index is 1050. The van der Waals surface area contributed by atoms with Crippen molar-refractivity contribution in [3.63, 3.8) is 0 Å². The highest BCUT2D eigenvalue weighted by Gasteiger charge is 2.26. The molecule has 0 aliphatic rings. The summed E-state index contributed by atoms with van der Waals surface area (Å²) in [7, 11) is 0. The van der Waals surface area contributed by atoms with Crippen LogP contribution in [0.3, 0.4) is 0 Å². The predicted octanol–water partition coefficient (Wildman–Crippen LogP) is 8.67. The summed E-state index contributed by atoms with van der Waals surface area (Å²) in [5.41, 5.74) is 11.6. The van der Waals surface area contributed by atoms with Gasteiger partial charge in [-0.3, -0.25) is 24.0 Å². The second-order valence-corrected chi connectivity index (χ2v) is 17.7. The van der Waals surface area contributed by atoms with E-state index in [-0.39, 0.29) is 36.5 Å². The lowest BCUT2D eigenvalue weighted by molar-refractivity contribution is -0.157. The molecule has 0 saturated carbocycles. The van der Waals surface area contributed by atoms with Gasteiger partial charge in [-0.15, -0.1) is 0 Å². The van der Waals surface area contributed by atoms with Crippen LogP contribution in [0.15, 0.2) is 0 Å². The maximum atomic E-state index is 12.9. The van der Waals surface area contributed by atoms with E-state index in [1.807, 2.05) is 0 Å². The van der Waals surface area contributed by atoms with Crippen LogP contribution in [-0.4, -0.2) is 90.6 Å². The van der Waals surface area contributed by atoms with Crippen LogP contribution in [0.1, 0.15) is 213 Å². The molecule has 0 aliphatic carbocycles. The number of nitrogens with two attached hydrogens (primary N) is 2. The Hall–Kier alpha value is -2.22. The quantitative estimate of drug-likeness (QED) is 0.0290. The first-order valence-corrected chi connectivity index (χ1v) is 25.3. The van der Waals surface area contributed by atoms with Gasteiger partial charge in [-0.1, -0.05) is 168 Å². The highest BCUT2D eigenvalue weighted by atomic mass is 32.2. The highest BCUT2D eigenvalue weighted by molar-refractivity contribution is 7.99. The number of unbranched alkanes of at least 4 members (excludes halogenated alkanes) is 25. The van der Waals surface area contributed by atoms with Gasteiger partial charge in [0, 0.05) is 24.3 Å². The Morgan fingerprint density at radius 3 is 1.48 bits per heavy atom. The molecule has 0 rings (SSSR count). The van der Waals surface area contributed by atoms with E-state index in [2.05, 4.69) is 24.5 Å². The molecule has 12 nitrogen and oxygen atoms in total. The average Bonchev–Trinajstić information content (AvgIpc) is 3.24. The lowest BCUT2D eigenvalue weighted by Crippen LogP contribution is -2.55. The molecule has 2 amide bonds. The minimum atomic E-state index is -1.30. The Morgan fingerprint density at radius 1 is 0.600 bits per heavy atom. The number of aliphatic hydroxyl groups is 1. The average molecular weight is 870 g/mol. The van der Waals surface area contributed by atoms with Gasteiger partial charge >= 0.3 is 11.9 Å². The van der Waals surface area contributed by atoms with Gasteiger partial charge in [0.25, 0.3) is 0 Å². The van der Waals surface area contributed by atoms with Crippen molar-refractivity contribution in [3.8, 4) is 0 Å². The number of esters is 2. The van der Waals surface area contributed by atoms with Crippen molar-refractivity contribution >= 4 is 41.8 Å². The van der Waals surface area contributed by atoms with E-state index in [0.717, 1.165) is 38.5 Å². The molecule has 0 saturated heterocycles. The van der Waals surface area contributed by atoms with E-state index in [1.54, 1.807) is 6.29 Å². The molecule has 0 aromatic carbocycles. The van der Waals surface area contributed by atoms with Crippen molar-refractivity contribution < 1.29 is 38.6 Å². The number of rotatable bonds is 45. The van der Waals surface area contributed by atoms with Crippen LogP contribution < -0.4 is 22.1 Å². The molecule has 0 bridgehead atoms. The lowest BCUT2D eigenvalue weighted by atomic mass is 10.0. The first-order chi connectivity index (χ1) is 29.2. The number of hydrogen-bond acceptors (Lipinski definition) is 11. The summed E-state index contributed by atoms with van der Waals surface area (Å²) in [5.74, 6) is -1.67. The number of ether oxygens (including phenoxy) is 2. The molecular formula is C47H89N4O8S. The predicted molar refractivity (Wildman–Crippen MR) is 246 cm³/mol. The zero-order valence-corrected chi connectivity index (χ0v) is 38.9. The van der Waals surface area contributed by atoms with Crippen LogP contribution >= 0.6 is 11.8 Å². The maximum Gasteiger partial charge on any atom is 0.306 e. The molecule has 0 fully saturated rings. The molecule has 4 atom stereocenters. The standard InChI is InChI=1S/C47H89N4O8S/c1-3-5-7-9-11-13-15-17-19-21-23-25-27-32-44(54)58-37-41(59-45(55)33-28-26-24-22-20-18-16-14-12-10-8-6-4-2)38-60-39-42(49)46(56)51-43(36-53)47(57)50-40(35-52)31-29-30-34-48/h40-43,53H,3-34,36-39,48-49H2,1-2H3,(H,50,57)(H,51,56)/t40-,41?,42-,43-/m0/s1. The molecule has 0 aliphatic heterocycles. The summed E-state index contributed by atoms with van der Waals surface area (Å²) in [6.07, 6.45) is 34.9. The van der Waals surface area contributed by atoms with Crippen molar-refractivity contribution in [1.82, 2.24) is 10.6 Å². The zero-order chi connectivity index (χ0) is 44.3. The second kappa shape index (κ2) is 43.4. The highest BCUT2D eigenvalue weighted by Crippen LogP contribution is 2.16. The van der Waals surface area contributed by atoms with E-state index < -0.39 is 42.7 Å². The smallest absolute Gasteiger partial charge is 0.306 e. The fourth-order valence-electron chi connectivity index (χ4n) is 6.99. The molecule has 0 spiro atoms. The summed E-state index contributed by atoms with van der Waals surface area (Å²) in [5, 5.41) is 14.7. The monoisotopic (exact) mass is 870 g/mol. The minimum Gasteiger partial charge on any atom is -0.462 e. The summed E-state index contributed by atoms with van der Waals surface area (Å²) in [6.45, 7) is 4.18. The van der Waals surface area contributed by atoms with Gasteiger partial charge in [0.1, 0.15) is 18.8 Å². The molecule has 13 heteroatoms. The largest absolute Gasteiger partial charge is 0.462 e. The molecule has 7 N–H and O–H groups in total. The van der Waals surface area contributed by atoms with Crippen LogP contribution in [0.2, 0.25) is 0 Å². The van der Waals surface area contributed by atoms with Gasteiger partial charge in [0.05, 0.1) is 18.7 Å². The molecule has 1 unspecified atom stereocenters. The van der Waals surface area contributed by atoms with Crippen LogP contribution in [0.4, 0.5) is 0 Å². The third-order valence-corrected chi connectivity index (χ3v) is 12.1. The number of thioether (sulfide) groups is 1. The van der Waals surface area contributed by atoms with E-state index in [9.17, 15) is 29.1 Å². The van der Waals surface area contributed by atoms with Crippen LogP contribution in [0.25, 0.3) is 0 Å². The SMILES string of the molecule is CCCCCCCCCCCCCCCC(=O)OCC(CSC[C@H](N)C(=O)N[C@@H](CO)C(=O)N[C@H]([C]=O)CCCCN)OC(=O)CCCCCCCCCCCCCCC. The molecule has 0 heterocycles. The summed E-state index contributed by atoms with van der Waals surface area (Å²) in [6, 6.07) is -3.23. The van der Waals surface area contributed by atoms with Gasteiger partial charge in [-0.2, -0.15) is 11.8 Å². The number of carbonyl (C=O) groups excluding carboxylic acids is 5. The number of amides is 2. The van der Waals surface area contributed by atoms with Crippen LogP contribution in [-0.2, 0) is 33.4 Å². The first kappa shape index (κ1) is 57.8. The number of aliphatic hydroxyl groups excluding tert-OH is 1. The zero-order valence-electron chi connectivity index (χ0n) is 38.1. The Kier molecular flexibility index (Phi) is 41.8. The molecule has 0 aromatic rings. The van der Waals surface area contributed by atoms with Gasteiger partial charge in [-0.05, 0) is 38.6 Å². The topological polar surface area (TPSA) is 200 Å². The fourth-order valence-corrected chi connectivity index (χ4v) is 7.96. The van der Waals surface area contributed by atoms with E-state index >= 15 is 0 Å². The lowest BCUT2D eigenvalue weighted by Gasteiger charge is -2.21. The van der Waals surface area contributed by atoms with Crippen molar-refractivity contribution in [2.24, 2.45) is 11.5 Å². The number of hydrogen-bond donors (Lipinski definition) is 5. The van der Waals surface area contributed by atoms with Crippen molar-refractivity contribution in [2.75, 3.05) is 31.3 Å².